The molecule has 3 heterocycles. The fraction of sp³-hybridized carbons (Fsp3) is 0.263. The van der Waals surface area contributed by atoms with Crippen molar-refractivity contribution in [2.75, 3.05) is 11.4 Å². The second-order valence-electron chi connectivity index (χ2n) is 6.96. The number of amides is 1. The number of nitrogens with two attached hydrogens (primary N) is 1. The molecule has 0 fully saturated rings. The van der Waals surface area contributed by atoms with Gasteiger partial charge in [-0.3, -0.25) is 9.89 Å². The van der Waals surface area contributed by atoms with E-state index in [9.17, 15) is 20.0 Å². The Labute approximate surface area is 160 Å². The maximum absolute atomic E-state index is 13.7. The molecule has 142 valence electrons. The van der Waals surface area contributed by atoms with Crippen LogP contribution in [0.2, 0.25) is 0 Å². The number of carboxylic acids is 1. The Balaban J connectivity index is 2.13. The first-order chi connectivity index (χ1) is 13.3. The Morgan fingerprint density at radius 1 is 1.46 bits per heavy atom. The van der Waals surface area contributed by atoms with Crippen LogP contribution >= 0.6 is 0 Å². The predicted octanol–water partition coefficient (Wildman–Crippen LogP) is 0.00198. The zero-order valence-corrected chi connectivity index (χ0v) is 15.1. The van der Waals surface area contributed by atoms with Gasteiger partial charge in [0.05, 0.1) is 18.1 Å². The lowest BCUT2D eigenvalue weighted by Gasteiger charge is -2.33. The molecule has 1 spiro atoms. The minimum Gasteiger partial charge on any atom is -0.548 e. The van der Waals surface area contributed by atoms with Gasteiger partial charge in [-0.15, -0.1) is 5.10 Å². The number of H-pyrrole nitrogens is 1. The van der Waals surface area contributed by atoms with Crippen LogP contribution in [0.1, 0.15) is 36.6 Å². The topological polar surface area (TPSA) is 148 Å². The summed E-state index contributed by atoms with van der Waals surface area (Å²) in [6, 6.07) is 8.71. The second kappa shape index (κ2) is 5.85. The molecule has 0 aliphatic carbocycles. The molecule has 2 aromatic rings. The highest BCUT2D eigenvalue weighted by molar-refractivity contribution is 6.15. The summed E-state index contributed by atoms with van der Waals surface area (Å²) in [7, 11) is 0. The highest BCUT2D eigenvalue weighted by atomic mass is 16.5. The number of anilines is 1. The number of aromatic amines is 1. The van der Waals surface area contributed by atoms with E-state index in [0.717, 1.165) is 4.90 Å². The van der Waals surface area contributed by atoms with Crippen LogP contribution < -0.4 is 20.5 Å². The van der Waals surface area contributed by atoms with Crippen molar-refractivity contribution < 1.29 is 19.4 Å². The molecule has 4 rings (SSSR count). The number of fused-ring (bicyclic) bond motifs is 4. The number of para-hydroxylation sites is 1. The third-order valence-corrected chi connectivity index (χ3v) is 5.11. The Morgan fingerprint density at radius 2 is 2.18 bits per heavy atom. The van der Waals surface area contributed by atoms with Crippen LogP contribution in [0.25, 0.3) is 0 Å². The standard InChI is InChI=1S/C19H17N5O4/c1-9(2)15-14-17(23-22-15)28-16(21)11(7-20)19(14)10-5-3-4-6-12(10)24(18(19)27)8-13(25)26/h3-6,9H,8,21H2,1-2H3,(H,22,23)(H,25,26)/p-1/t19-/m1/s1. The highest BCUT2D eigenvalue weighted by Gasteiger charge is 2.61. The summed E-state index contributed by atoms with van der Waals surface area (Å²) in [5.41, 5.74) is 6.08. The summed E-state index contributed by atoms with van der Waals surface area (Å²) < 4.78 is 5.53. The van der Waals surface area contributed by atoms with E-state index in [0.29, 0.717) is 22.5 Å². The summed E-state index contributed by atoms with van der Waals surface area (Å²) in [6.45, 7) is 3.15. The summed E-state index contributed by atoms with van der Waals surface area (Å²) in [6.07, 6.45) is 0. The lowest BCUT2D eigenvalue weighted by atomic mass is 9.68. The molecular weight excluding hydrogens is 362 g/mol. The van der Waals surface area contributed by atoms with Crippen molar-refractivity contribution >= 4 is 17.6 Å². The summed E-state index contributed by atoms with van der Waals surface area (Å²) in [5, 5.41) is 28.2. The van der Waals surface area contributed by atoms with Gasteiger partial charge < -0.3 is 25.3 Å². The lowest BCUT2D eigenvalue weighted by Crippen LogP contribution is -2.49. The van der Waals surface area contributed by atoms with E-state index >= 15 is 0 Å². The van der Waals surface area contributed by atoms with Gasteiger partial charge in [-0.1, -0.05) is 32.0 Å². The van der Waals surface area contributed by atoms with Gasteiger partial charge in [-0.2, -0.15) is 5.26 Å². The van der Waals surface area contributed by atoms with Gasteiger partial charge in [0.1, 0.15) is 17.1 Å². The number of ether oxygens (including phenoxy) is 1. The number of carbonyl (C=O) groups is 2. The van der Waals surface area contributed by atoms with Gasteiger partial charge >= 0.3 is 0 Å². The number of carboxylic acid groups (broad SMARTS) is 1. The molecule has 9 nitrogen and oxygen atoms in total. The average molecular weight is 378 g/mol. The quantitative estimate of drug-likeness (QED) is 0.764. The number of benzene rings is 1. The van der Waals surface area contributed by atoms with Crippen molar-refractivity contribution in [1.29, 1.82) is 5.26 Å². The molecular formula is C19H16N5O4-. The van der Waals surface area contributed by atoms with Gasteiger partial charge in [0, 0.05) is 16.9 Å². The Morgan fingerprint density at radius 3 is 2.82 bits per heavy atom. The molecule has 0 saturated heterocycles. The molecule has 3 N–H and O–H groups in total. The molecule has 9 heteroatoms. The lowest BCUT2D eigenvalue weighted by molar-refractivity contribution is -0.303. The van der Waals surface area contributed by atoms with Crippen molar-refractivity contribution in [2.45, 2.75) is 25.2 Å². The summed E-state index contributed by atoms with van der Waals surface area (Å²) in [4.78, 5) is 26.1. The molecule has 2 aliphatic rings. The first-order valence-electron chi connectivity index (χ1n) is 8.62. The largest absolute Gasteiger partial charge is 0.548 e. The van der Waals surface area contributed by atoms with E-state index in [2.05, 4.69) is 10.2 Å². The van der Waals surface area contributed by atoms with E-state index in [4.69, 9.17) is 10.5 Å². The molecule has 1 aromatic carbocycles. The Hall–Kier alpha value is -3.80. The van der Waals surface area contributed by atoms with Crippen LogP contribution in [0, 0.1) is 11.3 Å². The molecule has 0 saturated carbocycles. The highest BCUT2D eigenvalue weighted by Crippen LogP contribution is 2.56. The SMILES string of the molecule is CC(C)c1[nH]nc2c1[C@]1(C(=O)N(CC(=O)[O-])c3ccccc31)C(C#N)=C(N)O2. The van der Waals surface area contributed by atoms with E-state index in [1.807, 2.05) is 19.9 Å². The molecule has 0 radical (unpaired) electrons. The first-order valence-corrected chi connectivity index (χ1v) is 8.62. The number of carbonyl (C=O) groups excluding carboxylic acids is 2. The summed E-state index contributed by atoms with van der Waals surface area (Å²) in [5.74, 6) is -2.25. The maximum Gasteiger partial charge on any atom is 0.248 e. The zero-order chi connectivity index (χ0) is 20.2. The van der Waals surface area contributed by atoms with Crippen LogP contribution in [0.15, 0.2) is 35.7 Å². The number of rotatable bonds is 3. The fourth-order valence-corrected chi connectivity index (χ4v) is 4.02. The van der Waals surface area contributed by atoms with E-state index in [-0.39, 0.29) is 23.3 Å². The molecule has 0 unspecified atom stereocenters. The number of aromatic nitrogens is 2. The van der Waals surface area contributed by atoms with Gasteiger partial charge in [-0.25, -0.2) is 0 Å². The molecule has 2 aliphatic heterocycles. The van der Waals surface area contributed by atoms with Crippen LogP contribution in [0.4, 0.5) is 5.69 Å². The molecule has 0 bridgehead atoms. The van der Waals surface area contributed by atoms with Crippen LogP contribution in [0.5, 0.6) is 5.88 Å². The molecule has 1 aromatic heterocycles. The van der Waals surface area contributed by atoms with Gasteiger partial charge in [0.15, 0.2) is 0 Å². The normalized spacial score (nSPS) is 20.2. The first kappa shape index (κ1) is 17.6. The Bertz CT molecular complexity index is 1090. The molecule has 28 heavy (non-hydrogen) atoms. The number of hydrogen-bond acceptors (Lipinski definition) is 7. The molecule has 1 atom stereocenters. The average Bonchev–Trinajstić information content (AvgIpc) is 3.16. The van der Waals surface area contributed by atoms with E-state index < -0.39 is 23.8 Å². The minimum absolute atomic E-state index is 0.0776. The van der Waals surface area contributed by atoms with E-state index in [1.54, 1.807) is 24.3 Å². The van der Waals surface area contributed by atoms with Crippen LogP contribution in [-0.2, 0) is 15.0 Å². The summed E-state index contributed by atoms with van der Waals surface area (Å²) >= 11 is 0. The van der Waals surface area contributed by atoms with Gasteiger partial charge in [0.25, 0.3) is 0 Å². The van der Waals surface area contributed by atoms with Crippen LogP contribution in [0.3, 0.4) is 0 Å². The monoisotopic (exact) mass is 378 g/mol. The number of nitrogens with zero attached hydrogens (tertiary/aromatic N) is 3. The van der Waals surface area contributed by atoms with Crippen molar-refractivity contribution in [3.8, 4) is 11.9 Å². The van der Waals surface area contributed by atoms with Crippen molar-refractivity contribution in [2.24, 2.45) is 5.73 Å². The third-order valence-electron chi connectivity index (χ3n) is 5.11. The van der Waals surface area contributed by atoms with Gasteiger partial charge in [-0.05, 0) is 12.0 Å². The molecule has 1 amide bonds. The van der Waals surface area contributed by atoms with Gasteiger partial charge in [0.2, 0.25) is 17.7 Å². The number of nitrogens with one attached hydrogen (secondary N) is 1. The third kappa shape index (κ3) is 2.02. The maximum atomic E-state index is 13.7. The second-order valence-corrected chi connectivity index (χ2v) is 6.96. The zero-order valence-electron chi connectivity index (χ0n) is 15.1. The minimum atomic E-state index is -1.63. The Kier molecular flexibility index (Phi) is 3.68. The van der Waals surface area contributed by atoms with E-state index in [1.165, 1.54) is 0 Å². The van der Waals surface area contributed by atoms with Crippen molar-refractivity contribution in [1.82, 2.24) is 10.2 Å². The number of nitriles is 1. The number of aliphatic carboxylic acids is 1. The van der Waals surface area contributed by atoms with Crippen molar-refractivity contribution in [3.05, 3.63) is 52.5 Å². The fourth-order valence-electron chi connectivity index (χ4n) is 4.02. The predicted molar refractivity (Wildman–Crippen MR) is 94.7 cm³/mol. The smallest absolute Gasteiger partial charge is 0.248 e. The van der Waals surface area contributed by atoms with Crippen molar-refractivity contribution in [3.63, 3.8) is 0 Å². The number of hydrogen-bond donors (Lipinski definition) is 2. The van der Waals surface area contributed by atoms with Crippen LogP contribution in [-0.4, -0.2) is 28.6 Å².